The number of benzene rings is 1. The van der Waals surface area contributed by atoms with E-state index < -0.39 is 0 Å². The molecule has 2 heterocycles. The van der Waals surface area contributed by atoms with Gasteiger partial charge in [-0.2, -0.15) is 0 Å². The summed E-state index contributed by atoms with van der Waals surface area (Å²) in [5.74, 6) is 0.174. The SMILES string of the molecule is O=C1COc2cc(NC(=O)[C@H]3CCCN3)c(Cl)cc2N1. The maximum absolute atomic E-state index is 12.0. The third-order valence-electron chi connectivity index (χ3n) is 3.34. The van der Waals surface area contributed by atoms with Crippen molar-refractivity contribution in [1.29, 1.82) is 0 Å². The van der Waals surface area contributed by atoms with Gasteiger partial charge in [0.1, 0.15) is 5.75 Å². The topological polar surface area (TPSA) is 79.5 Å². The summed E-state index contributed by atoms with van der Waals surface area (Å²) >= 11 is 6.12. The van der Waals surface area contributed by atoms with Gasteiger partial charge in [0.25, 0.3) is 5.91 Å². The first-order valence-corrected chi connectivity index (χ1v) is 6.82. The van der Waals surface area contributed by atoms with Crippen molar-refractivity contribution < 1.29 is 14.3 Å². The van der Waals surface area contributed by atoms with Gasteiger partial charge in [-0.15, -0.1) is 0 Å². The molecule has 0 aliphatic carbocycles. The average molecular weight is 296 g/mol. The fourth-order valence-electron chi connectivity index (χ4n) is 2.32. The van der Waals surface area contributed by atoms with Gasteiger partial charge < -0.3 is 20.7 Å². The number of hydrogen-bond acceptors (Lipinski definition) is 4. The predicted molar refractivity (Wildman–Crippen MR) is 75.2 cm³/mol. The highest BCUT2D eigenvalue weighted by Gasteiger charge is 2.24. The molecule has 6 nitrogen and oxygen atoms in total. The van der Waals surface area contributed by atoms with E-state index in [9.17, 15) is 9.59 Å². The summed E-state index contributed by atoms with van der Waals surface area (Å²) < 4.78 is 5.30. The maximum Gasteiger partial charge on any atom is 0.262 e. The zero-order valence-corrected chi connectivity index (χ0v) is 11.4. The number of ether oxygens (including phenoxy) is 1. The van der Waals surface area contributed by atoms with Crippen LogP contribution in [-0.4, -0.2) is 31.0 Å². The molecule has 0 saturated carbocycles. The molecule has 2 aliphatic rings. The predicted octanol–water partition coefficient (Wildman–Crippen LogP) is 1.36. The average Bonchev–Trinajstić information content (AvgIpc) is 2.94. The van der Waals surface area contributed by atoms with Gasteiger partial charge in [0.15, 0.2) is 6.61 Å². The smallest absolute Gasteiger partial charge is 0.262 e. The van der Waals surface area contributed by atoms with E-state index in [4.69, 9.17) is 16.3 Å². The standard InChI is InChI=1S/C13H14ClN3O3/c14-7-4-10-11(20-6-12(18)16-10)5-9(7)17-13(19)8-2-1-3-15-8/h4-5,8,15H,1-3,6H2,(H,16,18)(H,17,19)/t8-/m1/s1. The molecule has 1 fully saturated rings. The summed E-state index contributed by atoms with van der Waals surface area (Å²) in [6, 6.07) is 3.03. The lowest BCUT2D eigenvalue weighted by Crippen LogP contribution is -2.35. The first kappa shape index (κ1) is 13.2. The molecule has 3 N–H and O–H groups in total. The number of amides is 2. The molecule has 0 unspecified atom stereocenters. The van der Waals surface area contributed by atoms with Gasteiger partial charge in [0.05, 0.1) is 22.4 Å². The van der Waals surface area contributed by atoms with Crippen molar-refractivity contribution in [3.05, 3.63) is 17.2 Å². The van der Waals surface area contributed by atoms with E-state index in [1.54, 1.807) is 12.1 Å². The summed E-state index contributed by atoms with van der Waals surface area (Å²) in [6.07, 6.45) is 1.81. The number of rotatable bonds is 2. The first-order valence-electron chi connectivity index (χ1n) is 6.44. The van der Waals surface area contributed by atoms with Crippen molar-refractivity contribution in [1.82, 2.24) is 5.32 Å². The van der Waals surface area contributed by atoms with Gasteiger partial charge in [-0.1, -0.05) is 11.6 Å². The van der Waals surface area contributed by atoms with E-state index in [-0.39, 0.29) is 24.5 Å². The molecule has 3 rings (SSSR count). The largest absolute Gasteiger partial charge is 0.482 e. The monoisotopic (exact) mass is 295 g/mol. The van der Waals surface area contributed by atoms with Crippen LogP contribution in [0.5, 0.6) is 5.75 Å². The number of carbonyl (C=O) groups is 2. The van der Waals surface area contributed by atoms with Crippen molar-refractivity contribution in [3.8, 4) is 5.75 Å². The molecule has 2 amide bonds. The third kappa shape index (κ3) is 2.57. The van der Waals surface area contributed by atoms with Gasteiger partial charge in [-0.05, 0) is 25.5 Å². The van der Waals surface area contributed by atoms with E-state index >= 15 is 0 Å². The number of fused-ring (bicyclic) bond motifs is 1. The molecule has 0 bridgehead atoms. The molecule has 2 aliphatic heterocycles. The molecule has 1 atom stereocenters. The van der Waals surface area contributed by atoms with Crippen LogP contribution in [0.2, 0.25) is 5.02 Å². The molecule has 0 spiro atoms. The Labute approximate surface area is 120 Å². The lowest BCUT2D eigenvalue weighted by molar-refractivity contribution is -0.119. The highest BCUT2D eigenvalue weighted by Crippen LogP contribution is 2.36. The minimum Gasteiger partial charge on any atom is -0.482 e. The fourth-order valence-corrected chi connectivity index (χ4v) is 2.53. The van der Waals surface area contributed by atoms with Crippen LogP contribution in [0.3, 0.4) is 0 Å². The normalized spacial score (nSPS) is 20.9. The van der Waals surface area contributed by atoms with E-state index in [1.165, 1.54) is 0 Å². The molecular formula is C13H14ClN3O3. The minimum absolute atomic E-state index is 0.0355. The van der Waals surface area contributed by atoms with Gasteiger partial charge >= 0.3 is 0 Å². The fraction of sp³-hybridized carbons (Fsp3) is 0.385. The Morgan fingerprint density at radius 1 is 1.45 bits per heavy atom. The van der Waals surface area contributed by atoms with Crippen LogP contribution in [0, 0.1) is 0 Å². The number of carbonyl (C=O) groups excluding carboxylic acids is 2. The lowest BCUT2D eigenvalue weighted by Gasteiger charge is -2.20. The van der Waals surface area contributed by atoms with E-state index in [1.807, 2.05) is 0 Å². The van der Waals surface area contributed by atoms with Gasteiger partial charge in [-0.3, -0.25) is 9.59 Å². The van der Waals surface area contributed by atoms with Crippen LogP contribution >= 0.6 is 11.6 Å². The van der Waals surface area contributed by atoms with Crippen molar-refractivity contribution in [2.24, 2.45) is 0 Å². The lowest BCUT2D eigenvalue weighted by atomic mass is 10.2. The number of anilines is 2. The second-order valence-electron chi connectivity index (χ2n) is 4.80. The minimum atomic E-state index is -0.222. The second kappa shape index (κ2) is 5.30. The van der Waals surface area contributed by atoms with Crippen LogP contribution < -0.4 is 20.7 Å². The molecule has 1 saturated heterocycles. The second-order valence-corrected chi connectivity index (χ2v) is 5.21. The maximum atomic E-state index is 12.0. The van der Waals surface area contributed by atoms with Crippen LogP contribution in [-0.2, 0) is 9.59 Å². The summed E-state index contributed by atoms with van der Waals surface area (Å²) in [7, 11) is 0. The Morgan fingerprint density at radius 2 is 2.30 bits per heavy atom. The molecule has 106 valence electrons. The Hall–Kier alpha value is -1.79. The highest BCUT2D eigenvalue weighted by atomic mass is 35.5. The molecule has 1 aromatic rings. The number of hydrogen-bond donors (Lipinski definition) is 3. The van der Waals surface area contributed by atoms with Crippen LogP contribution in [0.4, 0.5) is 11.4 Å². The summed E-state index contributed by atoms with van der Waals surface area (Å²) in [4.78, 5) is 23.3. The molecule has 20 heavy (non-hydrogen) atoms. The molecule has 7 heteroatoms. The highest BCUT2D eigenvalue weighted by molar-refractivity contribution is 6.34. The summed E-state index contributed by atoms with van der Waals surface area (Å²) in [6.45, 7) is 0.817. The number of nitrogens with one attached hydrogen (secondary N) is 3. The van der Waals surface area contributed by atoms with Crippen LogP contribution in [0.25, 0.3) is 0 Å². The first-order chi connectivity index (χ1) is 9.63. The third-order valence-corrected chi connectivity index (χ3v) is 3.65. The van der Waals surface area contributed by atoms with E-state index in [0.29, 0.717) is 22.1 Å². The Kier molecular flexibility index (Phi) is 3.50. The van der Waals surface area contributed by atoms with Gasteiger partial charge in [0.2, 0.25) is 5.91 Å². The van der Waals surface area contributed by atoms with Crippen LogP contribution in [0.1, 0.15) is 12.8 Å². The Balaban J connectivity index is 1.79. The van der Waals surface area contributed by atoms with E-state index in [0.717, 1.165) is 19.4 Å². The zero-order chi connectivity index (χ0) is 14.1. The molecule has 0 aromatic heterocycles. The van der Waals surface area contributed by atoms with Gasteiger partial charge in [0, 0.05) is 6.07 Å². The van der Waals surface area contributed by atoms with Crippen molar-refractivity contribution >= 4 is 34.8 Å². The molecular weight excluding hydrogens is 282 g/mol. The van der Waals surface area contributed by atoms with Crippen molar-refractivity contribution in [2.45, 2.75) is 18.9 Å². The number of halogens is 1. The Bertz CT molecular complexity index is 570. The zero-order valence-electron chi connectivity index (χ0n) is 10.7. The quantitative estimate of drug-likeness (QED) is 0.770. The summed E-state index contributed by atoms with van der Waals surface area (Å²) in [5.41, 5.74) is 1.00. The molecule has 0 radical (unpaired) electrons. The van der Waals surface area contributed by atoms with Crippen molar-refractivity contribution in [3.63, 3.8) is 0 Å². The molecule has 1 aromatic carbocycles. The van der Waals surface area contributed by atoms with Crippen LogP contribution in [0.15, 0.2) is 12.1 Å². The van der Waals surface area contributed by atoms with Crippen molar-refractivity contribution in [2.75, 3.05) is 23.8 Å². The Morgan fingerprint density at radius 3 is 3.05 bits per heavy atom. The van der Waals surface area contributed by atoms with Gasteiger partial charge in [-0.25, -0.2) is 0 Å². The summed E-state index contributed by atoms with van der Waals surface area (Å²) in [5, 5.41) is 8.93. The van der Waals surface area contributed by atoms with E-state index in [2.05, 4.69) is 16.0 Å².